The number of hydrogen-bond donors (Lipinski definition) is 0. The highest BCUT2D eigenvalue weighted by Crippen LogP contribution is 2.31. The number of carbonyl (C=O) groups excluding carboxylic acids is 1. The Balaban J connectivity index is 1.70. The van der Waals surface area contributed by atoms with Crippen LogP contribution in [0.25, 0.3) is 0 Å². The second-order valence-corrected chi connectivity index (χ2v) is 4.30. The molecule has 0 bridgehead atoms. The van der Waals surface area contributed by atoms with Gasteiger partial charge in [0.25, 0.3) is 0 Å². The molecule has 1 saturated carbocycles. The number of hydrogen-bond acceptors (Lipinski definition) is 2. The molecule has 15 heavy (non-hydrogen) atoms. The van der Waals surface area contributed by atoms with Gasteiger partial charge in [-0.2, -0.15) is 5.10 Å². The molecule has 3 nitrogen and oxygen atoms in total. The maximum atomic E-state index is 11.4. The molecule has 2 rings (SSSR count). The zero-order valence-electron chi connectivity index (χ0n) is 9.28. The second kappa shape index (κ2) is 4.60. The van der Waals surface area contributed by atoms with Gasteiger partial charge >= 0.3 is 0 Å². The van der Waals surface area contributed by atoms with Crippen molar-refractivity contribution in [3.05, 3.63) is 18.0 Å². The van der Waals surface area contributed by atoms with Crippen LogP contribution < -0.4 is 0 Å². The molecule has 1 aromatic heterocycles. The van der Waals surface area contributed by atoms with Gasteiger partial charge in [0.05, 0.1) is 6.20 Å². The average Bonchev–Trinajstić information content (AvgIpc) is 2.99. The van der Waals surface area contributed by atoms with E-state index in [1.807, 2.05) is 10.9 Å². The Kier molecular flexibility index (Phi) is 3.19. The third kappa shape index (κ3) is 2.91. The van der Waals surface area contributed by atoms with Gasteiger partial charge in [-0.05, 0) is 38.2 Å². The lowest BCUT2D eigenvalue weighted by molar-refractivity contribution is -0.120. The Morgan fingerprint density at radius 3 is 3.00 bits per heavy atom. The molecule has 1 heterocycles. The fourth-order valence-corrected chi connectivity index (χ4v) is 1.78. The minimum atomic E-state index is 0.420. The molecule has 82 valence electrons. The number of rotatable bonds is 6. The van der Waals surface area contributed by atoms with Gasteiger partial charge in [0, 0.05) is 25.1 Å². The van der Waals surface area contributed by atoms with Gasteiger partial charge in [0.1, 0.15) is 5.78 Å². The van der Waals surface area contributed by atoms with Crippen molar-refractivity contribution in [3.8, 4) is 0 Å². The molecule has 0 aromatic carbocycles. The first-order valence-electron chi connectivity index (χ1n) is 5.83. The lowest BCUT2D eigenvalue weighted by atomic mass is 10.1. The summed E-state index contributed by atoms with van der Waals surface area (Å²) < 4.78 is 1.93. The molecule has 1 aromatic rings. The monoisotopic (exact) mass is 206 g/mol. The normalized spacial score (nSPS) is 15.5. The van der Waals surface area contributed by atoms with Gasteiger partial charge in [-0.15, -0.1) is 0 Å². The maximum Gasteiger partial charge on any atom is 0.135 e. The summed E-state index contributed by atoms with van der Waals surface area (Å²) in [5.41, 5.74) is 1.25. The molecule has 1 aliphatic carbocycles. The molecule has 0 N–H and O–H groups in total. The summed E-state index contributed by atoms with van der Waals surface area (Å²) in [5.74, 6) is 0.890. The Labute approximate surface area is 90.5 Å². The molecular weight excluding hydrogens is 188 g/mol. The Morgan fingerprint density at radius 1 is 1.60 bits per heavy atom. The summed E-state index contributed by atoms with van der Waals surface area (Å²) in [6.07, 6.45) is 8.96. The van der Waals surface area contributed by atoms with Crippen LogP contribution in [0.5, 0.6) is 0 Å². The van der Waals surface area contributed by atoms with E-state index >= 15 is 0 Å². The third-order valence-corrected chi connectivity index (χ3v) is 2.93. The standard InChI is InChI=1S/C12H18N2O/c1-2-14-9-10(8-13-14)4-3-5-12(15)11-6-7-11/h8-9,11H,2-7H2,1H3. The van der Waals surface area contributed by atoms with Crippen LogP contribution in [0.3, 0.4) is 0 Å². The summed E-state index contributed by atoms with van der Waals surface area (Å²) in [6, 6.07) is 0. The topological polar surface area (TPSA) is 34.9 Å². The number of ketones is 1. The van der Waals surface area contributed by atoms with Crippen molar-refractivity contribution in [1.82, 2.24) is 9.78 Å². The zero-order valence-corrected chi connectivity index (χ0v) is 9.28. The summed E-state index contributed by atoms with van der Waals surface area (Å²) in [6.45, 7) is 2.99. The second-order valence-electron chi connectivity index (χ2n) is 4.30. The van der Waals surface area contributed by atoms with E-state index in [4.69, 9.17) is 0 Å². The predicted octanol–water partition coefficient (Wildman–Crippen LogP) is 2.20. The lowest BCUT2D eigenvalue weighted by Gasteiger charge is -1.97. The smallest absolute Gasteiger partial charge is 0.135 e. The molecule has 0 atom stereocenters. The van der Waals surface area contributed by atoms with E-state index in [1.54, 1.807) is 0 Å². The average molecular weight is 206 g/mol. The van der Waals surface area contributed by atoms with Crippen LogP contribution in [-0.2, 0) is 17.8 Å². The summed E-state index contributed by atoms with van der Waals surface area (Å²) in [4.78, 5) is 11.4. The van der Waals surface area contributed by atoms with Crippen molar-refractivity contribution >= 4 is 5.78 Å². The first-order valence-corrected chi connectivity index (χ1v) is 5.83. The van der Waals surface area contributed by atoms with Crippen LogP contribution in [0, 0.1) is 5.92 Å². The highest BCUT2D eigenvalue weighted by Gasteiger charge is 2.28. The SMILES string of the molecule is CCn1cc(CCCC(=O)C2CC2)cn1. The Bertz CT molecular complexity index is 339. The van der Waals surface area contributed by atoms with E-state index < -0.39 is 0 Å². The molecule has 0 unspecified atom stereocenters. The van der Waals surface area contributed by atoms with Crippen molar-refractivity contribution in [1.29, 1.82) is 0 Å². The van der Waals surface area contributed by atoms with E-state index in [0.29, 0.717) is 11.7 Å². The van der Waals surface area contributed by atoms with E-state index in [-0.39, 0.29) is 0 Å². The van der Waals surface area contributed by atoms with E-state index in [2.05, 4.69) is 18.2 Å². The molecule has 0 radical (unpaired) electrons. The fraction of sp³-hybridized carbons (Fsp3) is 0.667. The molecule has 0 amide bonds. The molecule has 1 aliphatic rings. The number of aryl methyl sites for hydroxylation is 2. The van der Waals surface area contributed by atoms with Crippen LogP contribution in [0.4, 0.5) is 0 Å². The van der Waals surface area contributed by atoms with Gasteiger partial charge in [-0.1, -0.05) is 0 Å². The quantitative estimate of drug-likeness (QED) is 0.715. The summed E-state index contributed by atoms with van der Waals surface area (Å²) in [5, 5.41) is 4.21. The van der Waals surface area contributed by atoms with Gasteiger partial charge in [-0.3, -0.25) is 9.48 Å². The van der Waals surface area contributed by atoms with Gasteiger partial charge < -0.3 is 0 Å². The number of carbonyl (C=O) groups is 1. The molecule has 3 heteroatoms. The van der Waals surface area contributed by atoms with Gasteiger partial charge in [-0.25, -0.2) is 0 Å². The van der Waals surface area contributed by atoms with E-state index in [1.165, 1.54) is 5.56 Å². The molecule has 0 aliphatic heterocycles. The zero-order chi connectivity index (χ0) is 10.7. The van der Waals surface area contributed by atoms with Crippen LogP contribution in [0.15, 0.2) is 12.4 Å². The van der Waals surface area contributed by atoms with Gasteiger partial charge in [0.2, 0.25) is 0 Å². The minimum absolute atomic E-state index is 0.420. The maximum absolute atomic E-state index is 11.4. The van der Waals surface area contributed by atoms with Crippen molar-refractivity contribution in [3.63, 3.8) is 0 Å². The van der Waals surface area contributed by atoms with Crippen LogP contribution >= 0.6 is 0 Å². The largest absolute Gasteiger partial charge is 0.299 e. The molecular formula is C12H18N2O. The van der Waals surface area contributed by atoms with Crippen molar-refractivity contribution < 1.29 is 4.79 Å². The molecule has 1 fully saturated rings. The van der Waals surface area contributed by atoms with Crippen LogP contribution in [-0.4, -0.2) is 15.6 Å². The predicted molar refractivity (Wildman–Crippen MR) is 58.6 cm³/mol. The minimum Gasteiger partial charge on any atom is -0.299 e. The first kappa shape index (κ1) is 10.4. The number of nitrogens with zero attached hydrogens (tertiary/aromatic N) is 2. The van der Waals surface area contributed by atoms with Crippen molar-refractivity contribution in [2.24, 2.45) is 5.92 Å². The van der Waals surface area contributed by atoms with Crippen molar-refractivity contribution in [2.45, 2.75) is 45.6 Å². The number of Topliss-reactive ketones (excluding diaryl/α,β-unsaturated/α-hetero) is 1. The Morgan fingerprint density at radius 2 is 2.40 bits per heavy atom. The molecule has 0 saturated heterocycles. The fourth-order valence-electron chi connectivity index (χ4n) is 1.78. The lowest BCUT2D eigenvalue weighted by Crippen LogP contribution is -2.00. The highest BCUT2D eigenvalue weighted by atomic mass is 16.1. The number of aromatic nitrogens is 2. The highest BCUT2D eigenvalue weighted by molar-refractivity contribution is 5.83. The summed E-state index contributed by atoms with van der Waals surface area (Å²) in [7, 11) is 0. The Hall–Kier alpha value is -1.12. The third-order valence-electron chi connectivity index (χ3n) is 2.93. The molecule has 0 spiro atoms. The first-order chi connectivity index (χ1) is 7.29. The van der Waals surface area contributed by atoms with E-state index in [0.717, 1.165) is 38.6 Å². The van der Waals surface area contributed by atoms with Crippen LogP contribution in [0.2, 0.25) is 0 Å². The summed E-state index contributed by atoms with van der Waals surface area (Å²) >= 11 is 0. The van der Waals surface area contributed by atoms with Gasteiger partial charge in [0.15, 0.2) is 0 Å². The van der Waals surface area contributed by atoms with E-state index in [9.17, 15) is 4.79 Å². The van der Waals surface area contributed by atoms with Crippen LogP contribution in [0.1, 0.15) is 38.2 Å². The van der Waals surface area contributed by atoms with Crippen molar-refractivity contribution in [2.75, 3.05) is 0 Å².